The van der Waals surface area contributed by atoms with E-state index >= 15 is 0 Å². The van der Waals surface area contributed by atoms with Crippen LogP contribution in [0.15, 0.2) is 48.5 Å². The van der Waals surface area contributed by atoms with Crippen molar-refractivity contribution in [2.24, 2.45) is 0 Å². The molecular formula is C20H23FN2O2. The number of benzene rings is 2. The van der Waals surface area contributed by atoms with E-state index in [9.17, 15) is 9.18 Å². The average molecular weight is 342 g/mol. The molecule has 2 aromatic rings. The van der Waals surface area contributed by atoms with Gasteiger partial charge >= 0.3 is 0 Å². The molecule has 3 rings (SSSR count). The molecule has 1 heterocycles. The van der Waals surface area contributed by atoms with E-state index in [1.165, 1.54) is 23.3 Å². The Labute approximate surface area is 147 Å². The average Bonchev–Trinajstić information content (AvgIpc) is 2.61. The minimum Gasteiger partial charge on any atom is -0.481 e. The SMILES string of the molecule is Cc1cccc(CN2CCN(C(=O)COc3ccccc3F)CC2)c1. The normalized spacial score (nSPS) is 15.2. The van der Waals surface area contributed by atoms with E-state index in [1.54, 1.807) is 17.0 Å². The summed E-state index contributed by atoms with van der Waals surface area (Å²) < 4.78 is 18.8. The molecule has 0 unspecified atom stereocenters. The number of hydrogen-bond acceptors (Lipinski definition) is 3. The molecule has 1 amide bonds. The summed E-state index contributed by atoms with van der Waals surface area (Å²) >= 11 is 0. The highest BCUT2D eigenvalue weighted by Gasteiger charge is 2.21. The molecule has 1 aliphatic rings. The maximum absolute atomic E-state index is 13.5. The number of carbonyl (C=O) groups excluding carboxylic acids is 1. The second-order valence-corrected chi connectivity index (χ2v) is 6.37. The van der Waals surface area contributed by atoms with Crippen molar-refractivity contribution in [3.8, 4) is 5.75 Å². The summed E-state index contributed by atoms with van der Waals surface area (Å²) in [4.78, 5) is 16.4. The molecule has 25 heavy (non-hydrogen) atoms. The Bertz CT molecular complexity index is 727. The molecule has 2 aromatic carbocycles. The number of amides is 1. The Kier molecular flexibility index (Phi) is 5.66. The van der Waals surface area contributed by atoms with Gasteiger partial charge in [-0.25, -0.2) is 4.39 Å². The van der Waals surface area contributed by atoms with Crippen molar-refractivity contribution >= 4 is 5.91 Å². The molecular weight excluding hydrogens is 319 g/mol. The van der Waals surface area contributed by atoms with Crippen LogP contribution in [0.2, 0.25) is 0 Å². The number of nitrogens with zero attached hydrogens (tertiary/aromatic N) is 2. The molecule has 0 atom stereocenters. The highest BCUT2D eigenvalue weighted by molar-refractivity contribution is 5.77. The molecule has 1 saturated heterocycles. The molecule has 0 N–H and O–H groups in total. The van der Waals surface area contributed by atoms with Crippen molar-refractivity contribution in [2.45, 2.75) is 13.5 Å². The molecule has 0 saturated carbocycles. The molecule has 0 bridgehead atoms. The van der Waals surface area contributed by atoms with Gasteiger partial charge in [-0.2, -0.15) is 0 Å². The summed E-state index contributed by atoms with van der Waals surface area (Å²) in [6.07, 6.45) is 0. The van der Waals surface area contributed by atoms with E-state index in [4.69, 9.17) is 4.74 Å². The third kappa shape index (κ3) is 4.79. The van der Waals surface area contributed by atoms with Crippen LogP contribution >= 0.6 is 0 Å². The van der Waals surface area contributed by atoms with Crippen LogP contribution in [0, 0.1) is 12.7 Å². The molecule has 0 aliphatic carbocycles. The third-order valence-electron chi connectivity index (χ3n) is 4.40. The fraction of sp³-hybridized carbons (Fsp3) is 0.350. The summed E-state index contributed by atoms with van der Waals surface area (Å²) in [6.45, 7) is 5.87. The van der Waals surface area contributed by atoms with Crippen LogP contribution in [0.3, 0.4) is 0 Å². The molecule has 5 heteroatoms. The van der Waals surface area contributed by atoms with E-state index in [2.05, 4.69) is 36.1 Å². The Morgan fingerprint density at radius 3 is 2.56 bits per heavy atom. The first-order valence-electron chi connectivity index (χ1n) is 8.55. The Hall–Kier alpha value is -2.40. The van der Waals surface area contributed by atoms with Crippen LogP contribution in [-0.4, -0.2) is 48.5 Å². The second kappa shape index (κ2) is 8.12. The van der Waals surface area contributed by atoms with Crippen LogP contribution < -0.4 is 4.74 Å². The van der Waals surface area contributed by atoms with Crippen molar-refractivity contribution in [1.82, 2.24) is 9.80 Å². The summed E-state index contributed by atoms with van der Waals surface area (Å²) in [5, 5.41) is 0. The van der Waals surface area contributed by atoms with Crippen LogP contribution in [-0.2, 0) is 11.3 Å². The van der Waals surface area contributed by atoms with Gasteiger partial charge in [0, 0.05) is 32.7 Å². The first kappa shape index (κ1) is 17.4. The van der Waals surface area contributed by atoms with Gasteiger partial charge in [0.25, 0.3) is 5.91 Å². The van der Waals surface area contributed by atoms with Crippen LogP contribution in [0.1, 0.15) is 11.1 Å². The summed E-state index contributed by atoms with van der Waals surface area (Å²) in [6, 6.07) is 14.6. The largest absolute Gasteiger partial charge is 0.481 e. The highest BCUT2D eigenvalue weighted by Crippen LogP contribution is 2.16. The molecule has 4 nitrogen and oxygen atoms in total. The maximum Gasteiger partial charge on any atom is 0.260 e. The van der Waals surface area contributed by atoms with Crippen molar-refractivity contribution in [3.05, 3.63) is 65.5 Å². The van der Waals surface area contributed by atoms with E-state index < -0.39 is 5.82 Å². The Morgan fingerprint density at radius 2 is 1.84 bits per heavy atom. The lowest BCUT2D eigenvalue weighted by Crippen LogP contribution is -2.49. The van der Waals surface area contributed by atoms with Gasteiger partial charge in [-0.1, -0.05) is 42.0 Å². The van der Waals surface area contributed by atoms with Gasteiger partial charge in [0.15, 0.2) is 18.2 Å². The number of para-hydroxylation sites is 1. The fourth-order valence-corrected chi connectivity index (χ4v) is 3.02. The van der Waals surface area contributed by atoms with E-state index in [0.717, 1.165) is 19.6 Å². The first-order valence-corrected chi connectivity index (χ1v) is 8.55. The first-order chi connectivity index (χ1) is 12.1. The standard InChI is InChI=1S/C20H23FN2O2/c1-16-5-4-6-17(13-16)14-22-9-11-23(12-10-22)20(24)15-25-19-8-3-2-7-18(19)21/h2-8,13H,9-12,14-15H2,1H3. The van der Waals surface area contributed by atoms with Crippen LogP contribution in [0.25, 0.3) is 0 Å². The maximum atomic E-state index is 13.5. The zero-order chi connectivity index (χ0) is 17.6. The van der Waals surface area contributed by atoms with E-state index in [0.29, 0.717) is 13.1 Å². The molecule has 0 aromatic heterocycles. The van der Waals surface area contributed by atoms with Crippen molar-refractivity contribution in [3.63, 3.8) is 0 Å². The minimum absolute atomic E-state index is 0.0986. The summed E-state index contributed by atoms with van der Waals surface area (Å²) in [7, 11) is 0. The van der Waals surface area contributed by atoms with Crippen molar-refractivity contribution in [2.75, 3.05) is 32.8 Å². The zero-order valence-corrected chi connectivity index (χ0v) is 14.5. The number of halogens is 1. The number of piperazine rings is 1. The smallest absolute Gasteiger partial charge is 0.260 e. The fourth-order valence-electron chi connectivity index (χ4n) is 3.02. The predicted octanol–water partition coefficient (Wildman–Crippen LogP) is 2.86. The van der Waals surface area contributed by atoms with Gasteiger partial charge in [-0.15, -0.1) is 0 Å². The molecule has 1 fully saturated rings. The third-order valence-corrected chi connectivity index (χ3v) is 4.40. The Morgan fingerprint density at radius 1 is 1.08 bits per heavy atom. The van der Waals surface area contributed by atoms with E-state index in [1.807, 2.05) is 0 Å². The quantitative estimate of drug-likeness (QED) is 0.838. The number of rotatable bonds is 5. The summed E-state index contributed by atoms with van der Waals surface area (Å²) in [5.74, 6) is -0.425. The Balaban J connectivity index is 1.45. The molecule has 1 aliphatic heterocycles. The van der Waals surface area contributed by atoms with Gasteiger partial charge in [0.1, 0.15) is 0 Å². The van der Waals surface area contributed by atoms with Gasteiger partial charge in [-0.3, -0.25) is 9.69 Å². The second-order valence-electron chi connectivity index (χ2n) is 6.37. The zero-order valence-electron chi connectivity index (χ0n) is 14.5. The number of hydrogen-bond donors (Lipinski definition) is 0. The topological polar surface area (TPSA) is 32.8 Å². The van der Waals surface area contributed by atoms with E-state index in [-0.39, 0.29) is 18.3 Å². The summed E-state index contributed by atoms with van der Waals surface area (Å²) in [5.41, 5.74) is 2.55. The lowest BCUT2D eigenvalue weighted by Gasteiger charge is -2.34. The van der Waals surface area contributed by atoms with Gasteiger partial charge < -0.3 is 9.64 Å². The van der Waals surface area contributed by atoms with Crippen molar-refractivity contribution < 1.29 is 13.9 Å². The van der Waals surface area contributed by atoms with Crippen molar-refractivity contribution in [1.29, 1.82) is 0 Å². The lowest BCUT2D eigenvalue weighted by molar-refractivity contribution is -0.135. The van der Waals surface area contributed by atoms with Gasteiger partial charge in [0.2, 0.25) is 0 Å². The van der Waals surface area contributed by atoms with Crippen LogP contribution in [0.5, 0.6) is 5.75 Å². The highest BCUT2D eigenvalue weighted by atomic mass is 19.1. The number of carbonyl (C=O) groups is 1. The molecule has 0 radical (unpaired) electrons. The number of ether oxygens (including phenoxy) is 1. The predicted molar refractivity (Wildman–Crippen MR) is 94.9 cm³/mol. The molecule has 0 spiro atoms. The minimum atomic E-state index is -0.446. The number of aryl methyl sites for hydroxylation is 1. The molecule has 132 valence electrons. The lowest BCUT2D eigenvalue weighted by atomic mass is 10.1. The van der Waals surface area contributed by atoms with Crippen LogP contribution in [0.4, 0.5) is 4.39 Å². The van der Waals surface area contributed by atoms with Gasteiger partial charge in [0.05, 0.1) is 0 Å². The van der Waals surface area contributed by atoms with Gasteiger partial charge in [-0.05, 0) is 24.6 Å². The monoisotopic (exact) mass is 342 g/mol.